The molecule has 2 aromatic carbocycles. The number of aromatic amines is 1. The maximum absolute atomic E-state index is 12.8. The van der Waals surface area contributed by atoms with Crippen molar-refractivity contribution in [3.8, 4) is 11.1 Å². The summed E-state index contributed by atoms with van der Waals surface area (Å²) in [5, 5.41) is 5.18. The Labute approximate surface area is 193 Å². The number of H-pyrrole nitrogens is 1. The Morgan fingerprint density at radius 1 is 1.16 bits per heavy atom. The lowest BCUT2D eigenvalue weighted by Crippen LogP contribution is -2.23. The van der Waals surface area contributed by atoms with Gasteiger partial charge in [-0.3, -0.25) is 14.4 Å². The Morgan fingerprint density at radius 2 is 1.91 bits per heavy atom. The van der Waals surface area contributed by atoms with E-state index >= 15 is 0 Å². The summed E-state index contributed by atoms with van der Waals surface area (Å²) >= 11 is 2.59. The van der Waals surface area contributed by atoms with Crippen LogP contribution in [0.1, 0.15) is 29.8 Å². The van der Waals surface area contributed by atoms with E-state index in [2.05, 4.69) is 15.3 Å². The molecule has 2 N–H and O–H groups in total. The molecule has 0 bridgehead atoms. The third-order valence-electron chi connectivity index (χ3n) is 4.98. The van der Waals surface area contributed by atoms with Gasteiger partial charge in [0, 0.05) is 22.2 Å². The fraction of sp³-hybridized carbons (Fsp3) is 0.167. The number of hydrogen-bond acceptors (Lipinski definition) is 6. The number of nitrogens with zero attached hydrogens (tertiary/aromatic N) is 1. The SMILES string of the molecule is CC(=O)c1cccc(NC(=O)C(C)Sc2nc3scc(-c4ccc(C)cc4)c3c(=O)[nH]2)c1. The molecule has 1 unspecified atom stereocenters. The lowest BCUT2D eigenvalue weighted by atomic mass is 10.1. The van der Waals surface area contributed by atoms with Crippen LogP contribution in [0.3, 0.4) is 0 Å². The number of carbonyl (C=O) groups is 2. The molecule has 162 valence electrons. The molecule has 0 saturated heterocycles. The van der Waals surface area contributed by atoms with Crippen molar-refractivity contribution in [1.29, 1.82) is 0 Å². The number of nitrogens with one attached hydrogen (secondary N) is 2. The maximum Gasteiger partial charge on any atom is 0.260 e. The monoisotopic (exact) mass is 463 g/mol. The maximum atomic E-state index is 12.8. The van der Waals surface area contributed by atoms with Gasteiger partial charge >= 0.3 is 0 Å². The number of rotatable bonds is 6. The van der Waals surface area contributed by atoms with Gasteiger partial charge in [0.2, 0.25) is 5.91 Å². The number of anilines is 1. The van der Waals surface area contributed by atoms with Gasteiger partial charge in [-0.15, -0.1) is 11.3 Å². The summed E-state index contributed by atoms with van der Waals surface area (Å²) < 4.78 is 0. The molecule has 0 fully saturated rings. The van der Waals surface area contributed by atoms with Crippen molar-refractivity contribution < 1.29 is 9.59 Å². The van der Waals surface area contributed by atoms with Gasteiger partial charge in [0.25, 0.3) is 5.56 Å². The van der Waals surface area contributed by atoms with Gasteiger partial charge in [-0.1, -0.05) is 53.7 Å². The third-order valence-corrected chi connectivity index (χ3v) is 6.84. The van der Waals surface area contributed by atoms with E-state index in [1.807, 2.05) is 36.6 Å². The van der Waals surface area contributed by atoms with Gasteiger partial charge in [-0.25, -0.2) is 4.98 Å². The van der Waals surface area contributed by atoms with E-state index in [4.69, 9.17) is 0 Å². The highest BCUT2D eigenvalue weighted by atomic mass is 32.2. The van der Waals surface area contributed by atoms with Crippen molar-refractivity contribution in [2.24, 2.45) is 0 Å². The molecule has 0 spiro atoms. The first kappa shape index (κ1) is 22.0. The van der Waals surface area contributed by atoms with Crippen LogP contribution in [-0.4, -0.2) is 26.9 Å². The van der Waals surface area contributed by atoms with Crippen molar-refractivity contribution >= 4 is 50.7 Å². The number of amides is 1. The molecule has 0 radical (unpaired) electrons. The zero-order valence-corrected chi connectivity index (χ0v) is 19.4. The molecule has 6 nitrogen and oxygen atoms in total. The van der Waals surface area contributed by atoms with Crippen molar-refractivity contribution in [2.75, 3.05) is 5.32 Å². The number of Topliss-reactive ketones (excluding diaryl/α,β-unsaturated/α-hetero) is 1. The van der Waals surface area contributed by atoms with Gasteiger partial charge in [0.15, 0.2) is 10.9 Å². The summed E-state index contributed by atoms with van der Waals surface area (Å²) in [6, 6.07) is 14.8. The van der Waals surface area contributed by atoms with Gasteiger partial charge < -0.3 is 10.3 Å². The minimum atomic E-state index is -0.506. The molecule has 2 aromatic heterocycles. The molecule has 32 heavy (non-hydrogen) atoms. The molecular weight excluding hydrogens is 442 g/mol. The highest BCUT2D eigenvalue weighted by Gasteiger charge is 2.19. The molecule has 0 aliphatic carbocycles. The summed E-state index contributed by atoms with van der Waals surface area (Å²) in [4.78, 5) is 45.0. The predicted octanol–water partition coefficient (Wildman–Crippen LogP) is 5.28. The lowest BCUT2D eigenvalue weighted by molar-refractivity contribution is -0.115. The molecule has 8 heteroatoms. The zero-order valence-electron chi connectivity index (χ0n) is 17.8. The van der Waals surface area contributed by atoms with Crippen molar-refractivity contribution in [1.82, 2.24) is 9.97 Å². The van der Waals surface area contributed by atoms with E-state index in [0.29, 0.717) is 26.6 Å². The molecule has 0 saturated carbocycles. The van der Waals surface area contributed by atoms with Gasteiger partial charge in [0.05, 0.1) is 10.6 Å². The average Bonchev–Trinajstić information content (AvgIpc) is 3.19. The van der Waals surface area contributed by atoms with Crippen LogP contribution in [0.2, 0.25) is 0 Å². The number of hydrogen-bond donors (Lipinski definition) is 2. The summed E-state index contributed by atoms with van der Waals surface area (Å²) in [5.41, 5.74) is 3.83. The van der Waals surface area contributed by atoms with E-state index in [-0.39, 0.29) is 17.2 Å². The number of aromatic nitrogens is 2. The van der Waals surface area contributed by atoms with Crippen LogP contribution >= 0.6 is 23.1 Å². The average molecular weight is 464 g/mol. The fourth-order valence-corrected chi connectivity index (χ4v) is 5.01. The highest BCUT2D eigenvalue weighted by Crippen LogP contribution is 2.32. The van der Waals surface area contributed by atoms with Crippen LogP contribution < -0.4 is 10.9 Å². The van der Waals surface area contributed by atoms with Gasteiger partial charge in [0.1, 0.15) is 4.83 Å². The highest BCUT2D eigenvalue weighted by molar-refractivity contribution is 8.00. The number of benzene rings is 2. The molecular formula is C24H21N3O3S2. The van der Waals surface area contributed by atoms with Crippen LogP contribution in [0.4, 0.5) is 5.69 Å². The molecule has 0 aliphatic heterocycles. The normalized spacial score (nSPS) is 12.0. The number of carbonyl (C=O) groups excluding carboxylic acids is 2. The Morgan fingerprint density at radius 3 is 2.62 bits per heavy atom. The quantitative estimate of drug-likeness (QED) is 0.231. The van der Waals surface area contributed by atoms with Crippen molar-refractivity contribution in [3.63, 3.8) is 0 Å². The first-order valence-electron chi connectivity index (χ1n) is 9.99. The van der Waals surface area contributed by atoms with Crippen molar-refractivity contribution in [3.05, 3.63) is 75.4 Å². The van der Waals surface area contributed by atoms with E-state index in [1.165, 1.54) is 30.0 Å². The lowest BCUT2D eigenvalue weighted by Gasteiger charge is -2.12. The van der Waals surface area contributed by atoms with Crippen LogP contribution in [0, 0.1) is 6.92 Å². The van der Waals surface area contributed by atoms with Gasteiger partial charge in [-0.2, -0.15) is 0 Å². The summed E-state index contributed by atoms with van der Waals surface area (Å²) in [6.45, 7) is 5.24. The third kappa shape index (κ3) is 4.66. The molecule has 4 aromatic rings. The van der Waals surface area contributed by atoms with Crippen LogP contribution in [-0.2, 0) is 4.79 Å². The molecule has 1 atom stereocenters. The van der Waals surface area contributed by atoms with E-state index in [0.717, 1.165) is 16.7 Å². The van der Waals surface area contributed by atoms with E-state index in [1.54, 1.807) is 31.2 Å². The van der Waals surface area contributed by atoms with Crippen molar-refractivity contribution in [2.45, 2.75) is 31.2 Å². The number of thioether (sulfide) groups is 1. The number of fused-ring (bicyclic) bond motifs is 1. The Bertz CT molecular complexity index is 1370. The fourth-order valence-electron chi connectivity index (χ4n) is 3.21. The molecule has 1 amide bonds. The minimum absolute atomic E-state index is 0.0699. The second kappa shape index (κ2) is 9.10. The summed E-state index contributed by atoms with van der Waals surface area (Å²) in [7, 11) is 0. The van der Waals surface area contributed by atoms with E-state index < -0.39 is 5.25 Å². The number of thiophene rings is 1. The smallest absolute Gasteiger partial charge is 0.260 e. The van der Waals surface area contributed by atoms with Gasteiger partial charge in [-0.05, 0) is 38.5 Å². The molecule has 0 aliphatic rings. The summed E-state index contributed by atoms with van der Waals surface area (Å²) in [5.74, 6) is -0.315. The molecule has 2 heterocycles. The van der Waals surface area contributed by atoms with Crippen LogP contribution in [0.25, 0.3) is 21.3 Å². The predicted molar refractivity (Wildman–Crippen MR) is 131 cm³/mol. The molecule has 4 rings (SSSR count). The first-order valence-corrected chi connectivity index (χ1v) is 11.7. The Kier molecular flexibility index (Phi) is 6.25. The van der Waals surface area contributed by atoms with Crippen LogP contribution in [0.5, 0.6) is 0 Å². The second-order valence-electron chi connectivity index (χ2n) is 7.45. The van der Waals surface area contributed by atoms with E-state index in [9.17, 15) is 14.4 Å². The zero-order chi connectivity index (χ0) is 22.8. The Balaban J connectivity index is 1.53. The van der Waals surface area contributed by atoms with Crippen LogP contribution in [0.15, 0.2) is 63.9 Å². The largest absolute Gasteiger partial charge is 0.325 e. The first-order chi connectivity index (χ1) is 15.3. The topological polar surface area (TPSA) is 91.9 Å². The number of ketones is 1. The standard InChI is InChI=1S/C24H21N3O3S2/c1-13-7-9-16(10-8-13)19-12-31-23-20(19)22(30)26-24(27-23)32-15(3)21(29)25-18-6-4-5-17(11-18)14(2)28/h4-12,15H,1-3H3,(H,25,29)(H,26,27,30). The summed E-state index contributed by atoms with van der Waals surface area (Å²) in [6.07, 6.45) is 0. The minimum Gasteiger partial charge on any atom is -0.325 e. The second-order valence-corrected chi connectivity index (χ2v) is 9.64. The Hall–Kier alpha value is -3.23. The number of aryl methyl sites for hydroxylation is 1.